The molecule has 0 radical (unpaired) electrons. The molecule has 3 atom stereocenters. The minimum Gasteiger partial charge on any atom is -0.390 e. The van der Waals surface area contributed by atoms with Crippen molar-refractivity contribution in [1.82, 2.24) is 0 Å². The minimum absolute atomic E-state index is 0.512. The Bertz CT molecular complexity index is 105. The van der Waals surface area contributed by atoms with Crippen molar-refractivity contribution >= 4 is 0 Å². The van der Waals surface area contributed by atoms with Crippen molar-refractivity contribution in [1.29, 1.82) is 0 Å². The summed E-state index contributed by atoms with van der Waals surface area (Å²) in [5.41, 5.74) is 0. The lowest BCUT2D eigenvalue weighted by atomic mass is 9.85. The van der Waals surface area contributed by atoms with Crippen molar-refractivity contribution in [2.24, 2.45) is 5.92 Å². The fraction of sp³-hybridized carbons (Fsp3) is 1.00. The molecule has 0 bridgehead atoms. The summed E-state index contributed by atoms with van der Waals surface area (Å²) in [6.45, 7) is 2.08. The van der Waals surface area contributed by atoms with E-state index in [1.165, 1.54) is 0 Å². The second kappa shape index (κ2) is 3.33. The maximum atomic E-state index is 12.8. The van der Waals surface area contributed by atoms with Gasteiger partial charge in [0.05, 0.1) is 6.10 Å². The molecule has 1 fully saturated rings. The van der Waals surface area contributed by atoms with Gasteiger partial charge in [-0.05, 0) is 25.2 Å². The lowest BCUT2D eigenvalue weighted by Crippen LogP contribution is -2.30. The number of hydrogen-bond donors (Lipinski definition) is 1. The van der Waals surface area contributed by atoms with E-state index in [1.54, 1.807) is 0 Å². The van der Waals surface area contributed by atoms with Gasteiger partial charge in [0.1, 0.15) is 6.17 Å². The van der Waals surface area contributed by atoms with Crippen LogP contribution in [0.5, 0.6) is 0 Å². The molecule has 0 aromatic heterocycles. The molecule has 0 aromatic carbocycles. The number of rotatable bonds is 1. The maximum absolute atomic E-state index is 12.8. The largest absolute Gasteiger partial charge is 0.390 e. The zero-order valence-corrected chi connectivity index (χ0v) is 6.39. The van der Waals surface area contributed by atoms with Crippen LogP contribution in [0.25, 0.3) is 0 Å². The first kappa shape index (κ1) is 7.99. The summed E-state index contributed by atoms with van der Waals surface area (Å²) in [5.74, 6) is 0.512. The van der Waals surface area contributed by atoms with Gasteiger partial charge in [0.2, 0.25) is 0 Å². The Morgan fingerprint density at radius 1 is 1.50 bits per heavy atom. The van der Waals surface area contributed by atoms with E-state index in [9.17, 15) is 4.39 Å². The molecular weight excluding hydrogens is 131 g/mol. The molecule has 1 N–H and O–H groups in total. The summed E-state index contributed by atoms with van der Waals surface area (Å²) in [6.07, 6.45) is 1.63. The molecule has 10 heavy (non-hydrogen) atoms. The molecule has 0 saturated heterocycles. The summed E-state index contributed by atoms with van der Waals surface area (Å²) < 4.78 is 12.8. The highest BCUT2D eigenvalue weighted by Gasteiger charge is 2.27. The quantitative estimate of drug-likeness (QED) is 0.599. The number of aliphatic hydroxyl groups is 1. The van der Waals surface area contributed by atoms with Gasteiger partial charge in [-0.15, -0.1) is 0 Å². The number of alkyl halides is 1. The van der Waals surface area contributed by atoms with Crippen LogP contribution in [-0.4, -0.2) is 17.4 Å². The minimum atomic E-state index is -0.960. The highest BCUT2D eigenvalue weighted by atomic mass is 19.1. The van der Waals surface area contributed by atoms with E-state index in [0.717, 1.165) is 12.8 Å². The van der Waals surface area contributed by atoms with E-state index >= 15 is 0 Å². The molecule has 0 aliphatic heterocycles. The standard InChI is InChI=1S/C8H15FO/c1-2-6-3-4-8(10)7(9)5-6/h6-8,10H,2-5H2,1H3/t6?,7-,8+/m1/s1. The van der Waals surface area contributed by atoms with Gasteiger partial charge < -0.3 is 5.11 Å². The van der Waals surface area contributed by atoms with E-state index in [1.807, 2.05) is 0 Å². The third kappa shape index (κ3) is 1.69. The Kier molecular flexibility index (Phi) is 2.66. The average molecular weight is 146 g/mol. The number of aliphatic hydroxyl groups excluding tert-OH is 1. The smallest absolute Gasteiger partial charge is 0.126 e. The predicted octanol–water partition coefficient (Wildman–Crippen LogP) is 1.90. The zero-order chi connectivity index (χ0) is 7.56. The lowest BCUT2D eigenvalue weighted by Gasteiger charge is -2.27. The van der Waals surface area contributed by atoms with Gasteiger partial charge in [0, 0.05) is 0 Å². The van der Waals surface area contributed by atoms with Crippen LogP contribution in [0.1, 0.15) is 32.6 Å². The summed E-state index contributed by atoms with van der Waals surface area (Å²) in [6, 6.07) is 0. The number of hydrogen-bond acceptors (Lipinski definition) is 1. The molecule has 60 valence electrons. The second-order valence-corrected chi connectivity index (χ2v) is 3.17. The molecule has 1 rings (SSSR count). The fourth-order valence-corrected chi connectivity index (χ4v) is 1.55. The van der Waals surface area contributed by atoms with Crippen molar-refractivity contribution in [3.63, 3.8) is 0 Å². The highest BCUT2D eigenvalue weighted by molar-refractivity contribution is 4.78. The third-order valence-corrected chi connectivity index (χ3v) is 2.42. The van der Waals surface area contributed by atoms with Crippen LogP contribution >= 0.6 is 0 Å². The first-order valence-corrected chi connectivity index (χ1v) is 4.06. The van der Waals surface area contributed by atoms with Gasteiger partial charge in [-0.3, -0.25) is 0 Å². The molecule has 1 nitrogen and oxygen atoms in total. The first-order valence-electron chi connectivity index (χ1n) is 4.06. The van der Waals surface area contributed by atoms with Gasteiger partial charge in [-0.25, -0.2) is 4.39 Å². The van der Waals surface area contributed by atoms with Crippen molar-refractivity contribution < 1.29 is 9.50 Å². The topological polar surface area (TPSA) is 20.2 Å². The molecule has 0 spiro atoms. The van der Waals surface area contributed by atoms with E-state index in [0.29, 0.717) is 18.8 Å². The van der Waals surface area contributed by atoms with Gasteiger partial charge >= 0.3 is 0 Å². The van der Waals surface area contributed by atoms with Crippen LogP contribution in [0.4, 0.5) is 4.39 Å². The molecule has 1 unspecified atom stereocenters. The van der Waals surface area contributed by atoms with Crippen LogP contribution in [0.3, 0.4) is 0 Å². The third-order valence-electron chi connectivity index (χ3n) is 2.42. The summed E-state index contributed by atoms with van der Waals surface area (Å²) in [5, 5.41) is 9.02. The zero-order valence-electron chi connectivity index (χ0n) is 6.39. The fourth-order valence-electron chi connectivity index (χ4n) is 1.55. The highest BCUT2D eigenvalue weighted by Crippen LogP contribution is 2.28. The number of halogens is 1. The van der Waals surface area contributed by atoms with Crippen LogP contribution < -0.4 is 0 Å². The summed E-state index contributed by atoms with van der Waals surface area (Å²) in [4.78, 5) is 0. The van der Waals surface area contributed by atoms with Gasteiger partial charge in [-0.1, -0.05) is 13.3 Å². The van der Waals surface area contributed by atoms with Crippen LogP contribution in [0, 0.1) is 5.92 Å². The lowest BCUT2D eigenvalue weighted by molar-refractivity contribution is 0.0239. The molecule has 1 saturated carbocycles. The van der Waals surface area contributed by atoms with E-state index < -0.39 is 12.3 Å². The summed E-state index contributed by atoms with van der Waals surface area (Å²) >= 11 is 0. The Morgan fingerprint density at radius 2 is 2.20 bits per heavy atom. The molecular formula is C8H15FO. The van der Waals surface area contributed by atoms with Gasteiger partial charge in [0.15, 0.2) is 0 Å². The average Bonchev–Trinajstić information content (AvgIpc) is 1.95. The molecule has 0 amide bonds. The van der Waals surface area contributed by atoms with Gasteiger partial charge in [0.25, 0.3) is 0 Å². The van der Waals surface area contributed by atoms with Gasteiger partial charge in [-0.2, -0.15) is 0 Å². The molecule has 0 heterocycles. The predicted molar refractivity (Wildman–Crippen MR) is 38.5 cm³/mol. The Hall–Kier alpha value is -0.110. The van der Waals surface area contributed by atoms with Crippen molar-refractivity contribution in [3.05, 3.63) is 0 Å². The van der Waals surface area contributed by atoms with E-state index in [4.69, 9.17) is 5.11 Å². The molecule has 1 aliphatic rings. The Balaban J connectivity index is 2.33. The molecule has 1 aliphatic carbocycles. The van der Waals surface area contributed by atoms with E-state index in [2.05, 4.69) is 6.92 Å². The first-order chi connectivity index (χ1) is 4.74. The Morgan fingerprint density at radius 3 is 2.70 bits per heavy atom. The monoisotopic (exact) mass is 146 g/mol. The van der Waals surface area contributed by atoms with Crippen molar-refractivity contribution in [3.8, 4) is 0 Å². The Labute approximate surface area is 61.2 Å². The van der Waals surface area contributed by atoms with E-state index in [-0.39, 0.29) is 0 Å². The normalized spacial score (nSPS) is 41.7. The van der Waals surface area contributed by atoms with Crippen LogP contribution in [0.2, 0.25) is 0 Å². The molecule has 0 aromatic rings. The van der Waals surface area contributed by atoms with Crippen LogP contribution in [0.15, 0.2) is 0 Å². The second-order valence-electron chi connectivity index (χ2n) is 3.17. The summed E-state index contributed by atoms with van der Waals surface area (Å²) in [7, 11) is 0. The molecule has 2 heteroatoms. The van der Waals surface area contributed by atoms with Crippen LogP contribution in [-0.2, 0) is 0 Å². The SMILES string of the molecule is CCC1CC[C@H](O)[C@H](F)C1. The van der Waals surface area contributed by atoms with Crippen molar-refractivity contribution in [2.75, 3.05) is 0 Å². The van der Waals surface area contributed by atoms with Crippen molar-refractivity contribution in [2.45, 2.75) is 44.9 Å². The maximum Gasteiger partial charge on any atom is 0.126 e.